The Morgan fingerprint density at radius 1 is 1.06 bits per heavy atom. The van der Waals surface area contributed by atoms with Crippen molar-refractivity contribution < 1.29 is 27.6 Å². The fraction of sp³-hybridized carbons (Fsp3) is 0.583. The predicted octanol–water partition coefficient (Wildman–Crippen LogP) is 1.85. The molecule has 0 bridgehead atoms. The lowest BCUT2D eigenvalue weighted by atomic mass is 9.85. The quantitative estimate of drug-likeness (QED) is 0.218. The van der Waals surface area contributed by atoms with E-state index in [9.17, 15) is 27.6 Å². The van der Waals surface area contributed by atoms with Gasteiger partial charge in [-0.3, -0.25) is 24.5 Å². The molecule has 0 spiro atoms. The van der Waals surface area contributed by atoms with E-state index in [-0.39, 0.29) is 18.1 Å². The van der Waals surface area contributed by atoms with Crippen molar-refractivity contribution in [2.75, 3.05) is 5.75 Å². The molecule has 4 atom stereocenters. The van der Waals surface area contributed by atoms with Crippen LogP contribution in [0.5, 0.6) is 0 Å². The van der Waals surface area contributed by atoms with Crippen molar-refractivity contribution in [3.63, 3.8) is 0 Å². The highest BCUT2D eigenvalue weighted by Gasteiger charge is 2.46. The van der Waals surface area contributed by atoms with Gasteiger partial charge in [0.2, 0.25) is 27.7 Å². The molecule has 0 saturated carbocycles. The minimum Gasteiger partial charge on any atom is -0.346 e. The molecule has 0 aromatic heterocycles. The summed E-state index contributed by atoms with van der Waals surface area (Å²) in [6.07, 6.45) is 1.96. The van der Waals surface area contributed by atoms with Crippen LogP contribution in [-0.4, -0.2) is 43.7 Å². The van der Waals surface area contributed by atoms with Gasteiger partial charge >= 0.3 is 0 Å². The topological polar surface area (TPSA) is 139 Å². The Morgan fingerprint density at radius 2 is 1.71 bits per heavy atom. The third kappa shape index (κ3) is 7.46. The highest BCUT2D eigenvalue weighted by Crippen LogP contribution is 2.24. The van der Waals surface area contributed by atoms with Crippen molar-refractivity contribution in [2.24, 2.45) is 17.8 Å². The van der Waals surface area contributed by atoms with Crippen molar-refractivity contribution in [3.8, 4) is 0 Å². The SMILES string of the molecule is CCCCCS(=O)(=O)N[C@@H](CC(=O)N[C@H](C(=O)[C@@H]1C(=O)NC(=O)[C@H]1C)C(C)C)c1ccccc1. The first kappa shape index (κ1) is 27.7. The molecule has 1 aliphatic rings. The minimum atomic E-state index is -3.63. The van der Waals surface area contributed by atoms with Crippen LogP contribution in [-0.2, 0) is 29.2 Å². The zero-order valence-corrected chi connectivity index (χ0v) is 21.0. The Hall–Kier alpha value is -2.59. The van der Waals surface area contributed by atoms with Gasteiger partial charge in [0, 0.05) is 6.42 Å². The fourth-order valence-electron chi connectivity index (χ4n) is 3.98. The van der Waals surface area contributed by atoms with Crippen LogP contribution in [0.3, 0.4) is 0 Å². The van der Waals surface area contributed by atoms with Crippen LogP contribution in [0, 0.1) is 17.8 Å². The number of hydrogen-bond donors (Lipinski definition) is 3. The van der Waals surface area contributed by atoms with Gasteiger partial charge in [-0.2, -0.15) is 0 Å². The van der Waals surface area contributed by atoms with E-state index in [1.807, 2.05) is 6.92 Å². The summed E-state index contributed by atoms with van der Waals surface area (Å²) in [5.41, 5.74) is 0.624. The molecule has 1 fully saturated rings. The zero-order valence-electron chi connectivity index (χ0n) is 20.2. The first-order chi connectivity index (χ1) is 16.0. The maximum atomic E-state index is 13.1. The van der Waals surface area contributed by atoms with Crippen LogP contribution in [0.4, 0.5) is 0 Å². The number of Topliss-reactive ketones (excluding diaryl/α,β-unsaturated/α-hetero) is 1. The van der Waals surface area contributed by atoms with Gasteiger partial charge in [-0.05, 0) is 17.9 Å². The fourth-order valence-corrected chi connectivity index (χ4v) is 5.33. The number of imide groups is 1. The summed E-state index contributed by atoms with van der Waals surface area (Å²) in [6, 6.07) is 6.95. The maximum absolute atomic E-state index is 13.1. The molecule has 3 amide bonds. The number of rotatable bonds is 13. The summed E-state index contributed by atoms with van der Waals surface area (Å²) >= 11 is 0. The molecule has 1 aromatic carbocycles. The van der Waals surface area contributed by atoms with Crippen LogP contribution in [0.15, 0.2) is 30.3 Å². The number of hydrogen-bond acceptors (Lipinski definition) is 6. The first-order valence-corrected chi connectivity index (χ1v) is 13.3. The molecule has 34 heavy (non-hydrogen) atoms. The van der Waals surface area contributed by atoms with Gasteiger partial charge < -0.3 is 5.32 Å². The van der Waals surface area contributed by atoms with E-state index in [2.05, 4.69) is 15.4 Å². The Bertz CT molecular complexity index is 993. The van der Waals surface area contributed by atoms with Crippen molar-refractivity contribution in [1.82, 2.24) is 15.4 Å². The van der Waals surface area contributed by atoms with Crippen LogP contribution >= 0.6 is 0 Å². The van der Waals surface area contributed by atoms with Gasteiger partial charge in [-0.25, -0.2) is 13.1 Å². The maximum Gasteiger partial charge on any atom is 0.238 e. The van der Waals surface area contributed by atoms with Crippen molar-refractivity contribution >= 4 is 33.5 Å². The number of nitrogens with one attached hydrogen (secondary N) is 3. The number of ketones is 1. The van der Waals surface area contributed by atoms with E-state index >= 15 is 0 Å². The first-order valence-electron chi connectivity index (χ1n) is 11.7. The van der Waals surface area contributed by atoms with Gasteiger partial charge in [0.05, 0.1) is 23.8 Å². The van der Waals surface area contributed by atoms with Crippen LogP contribution < -0.4 is 15.4 Å². The predicted molar refractivity (Wildman–Crippen MR) is 128 cm³/mol. The average Bonchev–Trinajstić information content (AvgIpc) is 3.02. The second-order valence-electron chi connectivity index (χ2n) is 9.12. The molecule has 10 heteroatoms. The number of amides is 3. The molecule has 1 aromatic rings. The summed E-state index contributed by atoms with van der Waals surface area (Å²) in [4.78, 5) is 50.0. The standard InChI is InChI=1S/C24H35N3O6S/c1-5-6-10-13-34(32,33)27-18(17-11-8-7-9-12-17)14-19(28)25-21(15(2)3)22(29)20-16(4)23(30)26-24(20)31/h7-9,11-12,15-16,18,20-21,27H,5-6,10,13-14H2,1-4H3,(H,25,28)(H,26,30,31)/t16-,18-,20+,21-/m0/s1. The highest BCUT2D eigenvalue weighted by atomic mass is 32.2. The number of benzene rings is 1. The van der Waals surface area contributed by atoms with Crippen molar-refractivity contribution in [3.05, 3.63) is 35.9 Å². The van der Waals surface area contributed by atoms with E-state index in [0.29, 0.717) is 12.0 Å². The molecule has 2 rings (SSSR count). The monoisotopic (exact) mass is 493 g/mol. The van der Waals surface area contributed by atoms with Gasteiger partial charge in [-0.1, -0.05) is 70.9 Å². The number of carbonyl (C=O) groups is 4. The number of carbonyl (C=O) groups excluding carboxylic acids is 4. The second kappa shape index (κ2) is 12.2. The van der Waals surface area contributed by atoms with Gasteiger partial charge in [0.25, 0.3) is 0 Å². The number of sulfonamides is 1. The highest BCUT2D eigenvalue weighted by molar-refractivity contribution is 7.89. The minimum absolute atomic E-state index is 0.0401. The van der Waals surface area contributed by atoms with Crippen LogP contribution in [0.25, 0.3) is 0 Å². The Labute approximate surface area is 201 Å². The molecule has 0 radical (unpaired) electrons. The van der Waals surface area contributed by atoms with E-state index < -0.39 is 57.4 Å². The van der Waals surface area contributed by atoms with Crippen molar-refractivity contribution in [2.45, 2.75) is 65.5 Å². The van der Waals surface area contributed by atoms with Gasteiger partial charge in [0.15, 0.2) is 5.78 Å². The third-order valence-electron chi connectivity index (χ3n) is 5.97. The normalized spacial score (nSPS) is 20.1. The summed E-state index contributed by atoms with van der Waals surface area (Å²) in [6.45, 7) is 6.94. The lowest BCUT2D eigenvalue weighted by Gasteiger charge is -2.26. The van der Waals surface area contributed by atoms with Gasteiger partial charge in [0.1, 0.15) is 5.92 Å². The molecular weight excluding hydrogens is 458 g/mol. The third-order valence-corrected chi connectivity index (χ3v) is 7.44. The molecule has 1 aliphatic heterocycles. The van der Waals surface area contributed by atoms with Crippen LogP contribution in [0.2, 0.25) is 0 Å². The average molecular weight is 494 g/mol. The largest absolute Gasteiger partial charge is 0.346 e. The summed E-state index contributed by atoms with van der Waals surface area (Å²) in [5.74, 6) is -4.60. The molecular formula is C24H35N3O6S. The Morgan fingerprint density at radius 3 is 2.24 bits per heavy atom. The summed E-state index contributed by atoms with van der Waals surface area (Å²) in [5, 5.41) is 4.83. The molecule has 0 unspecified atom stereocenters. The molecule has 0 aliphatic carbocycles. The zero-order chi connectivity index (χ0) is 25.5. The lowest BCUT2D eigenvalue weighted by molar-refractivity contribution is -0.137. The molecule has 188 valence electrons. The molecule has 1 saturated heterocycles. The van der Waals surface area contributed by atoms with Crippen molar-refractivity contribution in [1.29, 1.82) is 0 Å². The van der Waals surface area contributed by atoms with E-state index in [4.69, 9.17) is 0 Å². The smallest absolute Gasteiger partial charge is 0.238 e. The second-order valence-corrected chi connectivity index (χ2v) is 11.0. The molecule has 3 N–H and O–H groups in total. The Kier molecular flexibility index (Phi) is 9.93. The van der Waals surface area contributed by atoms with Crippen LogP contribution in [0.1, 0.15) is 65.0 Å². The van der Waals surface area contributed by atoms with E-state index in [1.165, 1.54) is 6.92 Å². The number of unbranched alkanes of at least 4 members (excludes halogenated alkanes) is 2. The van der Waals surface area contributed by atoms with E-state index in [0.717, 1.165) is 12.8 Å². The lowest BCUT2D eigenvalue weighted by Crippen LogP contribution is -2.49. The van der Waals surface area contributed by atoms with E-state index in [1.54, 1.807) is 44.2 Å². The molecule has 1 heterocycles. The molecule has 9 nitrogen and oxygen atoms in total. The summed E-state index contributed by atoms with van der Waals surface area (Å²) in [7, 11) is -3.63. The summed E-state index contributed by atoms with van der Waals surface area (Å²) < 4.78 is 27.8. The van der Waals surface area contributed by atoms with Gasteiger partial charge in [-0.15, -0.1) is 0 Å². The Balaban J connectivity index is 2.17.